The fraction of sp³-hybridized carbons (Fsp3) is 0.500. The van der Waals surface area contributed by atoms with Crippen LogP contribution in [-0.2, 0) is 0 Å². The Bertz CT molecular complexity index is 876. The van der Waals surface area contributed by atoms with Crippen LogP contribution in [0.4, 0.5) is 0 Å². The van der Waals surface area contributed by atoms with E-state index in [-0.39, 0.29) is 24.8 Å². The highest BCUT2D eigenvalue weighted by atomic mass is 16.5. The molecular formula is C28H38N2O6. The lowest BCUT2D eigenvalue weighted by molar-refractivity contribution is 0.0240. The number of hydrogen-bond donors (Lipinski definition) is 2. The van der Waals surface area contributed by atoms with Crippen LogP contribution in [0.1, 0.15) is 47.4 Å². The molecule has 0 bridgehead atoms. The summed E-state index contributed by atoms with van der Waals surface area (Å²) in [6, 6.07) is 14.0. The van der Waals surface area contributed by atoms with E-state index in [0.717, 1.165) is 26.2 Å². The molecule has 1 saturated heterocycles. The number of Topliss-reactive ketones (excluding diaryl/α,β-unsaturated/α-hetero) is 2. The van der Waals surface area contributed by atoms with Gasteiger partial charge in [0.25, 0.3) is 0 Å². The quantitative estimate of drug-likeness (QED) is 0.384. The Labute approximate surface area is 213 Å². The molecule has 2 aromatic rings. The number of carbonyl (C=O) groups excluding carboxylic acids is 2. The smallest absolute Gasteiger partial charge is 0.162 e. The molecule has 8 heteroatoms. The van der Waals surface area contributed by atoms with Gasteiger partial charge in [-0.3, -0.25) is 19.4 Å². The number of rotatable bonds is 14. The van der Waals surface area contributed by atoms with E-state index in [2.05, 4.69) is 9.80 Å². The minimum Gasteiger partial charge on any atom is -0.491 e. The molecule has 1 heterocycles. The highest BCUT2D eigenvalue weighted by Crippen LogP contribution is 2.15. The first-order valence-electron chi connectivity index (χ1n) is 12.7. The highest BCUT2D eigenvalue weighted by molar-refractivity contribution is 5.96. The van der Waals surface area contributed by atoms with E-state index in [0.29, 0.717) is 48.6 Å². The third-order valence-electron chi connectivity index (χ3n) is 6.28. The summed E-state index contributed by atoms with van der Waals surface area (Å²) in [7, 11) is 0. The third-order valence-corrected chi connectivity index (χ3v) is 6.28. The summed E-state index contributed by atoms with van der Waals surface area (Å²) in [5, 5.41) is 20.8. The van der Waals surface area contributed by atoms with Crippen molar-refractivity contribution >= 4 is 11.6 Å². The van der Waals surface area contributed by atoms with Crippen LogP contribution >= 0.6 is 0 Å². The zero-order valence-electron chi connectivity index (χ0n) is 21.3. The zero-order valence-corrected chi connectivity index (χ0v) is 21.3. The van der Waals surface area contributed by atoms with Gasteiger partial charge in [0.1, 0.15) is 36.9 Å². The lowest BCUT2D eigenvalue weighted by Crippen LogP contribution is -2.51. The van der Waals surface area contributed by atoms with Crippen molar-refractivity contribution < 1.29 is 29.3 Å². The largest absolute Gasteiger partial charge is 0.491 e. The number of nitrogens with zero attached hydrogens (tertiary/aromatic N) is 2. The Kier molecular flexibility index (Phi) is 10.9. The Hall–Kier alpha value is -2.78. The predicted molar refractivity (Wildman–Crippen MR) is 138 cm³/mol. The first-order chi connectivity index (χ1) is 17.4. The van der Waals surface area contributed by atoms with E-state index in [1.54, 1.807) is 48.5 Å². The number of aliphatic hydroxyl groups is 2. The minimum absolute atomic E-state index is 0.0941. The van der Waals surface area contributed by atoms with Crippen LogP contribution in [-0.4, -0.2) is 96.3 Å². The molecule has 196 valence electrons. The summed E-state index contributed by atoms with van der Waals surface area (Å²) < 4.78 is 11.4. The second kappa shape index (κ2) is 14.1. The number of β-amino-alcohol motifs (C(OH)–C–C–N with tert-alkyl or cyclic N) is 2. The predicted octanol–water partition coefficient (Wildman–Crippen LogP) is 2.67. The van der Waals surface area contributed by atoms with Crippen LogP contribution < -0.4 is 9.47 Å². The van der Waals surface area contributed by atoms with E-state index < -0.39 is 12.2 Å². The van der Waals surface area contributed by atoms with Gasteiger partial charge in [-0.1, -0.05) is 13.8 Å². The van der Waals surface area contributed by atoms with Gasteiger partial charge in [0.2, 0.25) is 0 Å². The second-order valence-electron chi connectivity index (χ2n) is 9.13. The van der Waals surface area contributed by atoms with Gasteiger partial charge in [0, 0.05) is 63.2 Å². The van der Waals surface area contributed by atoms with Crippen molar-refractivity contribution in [3.8, 4) is 11.5 Å². The molecule has 2 N–H and O–H groups in total. The van der Waals surface area contributed by atoms with E-state index in [9.17, 15) is 19.8 Å². The van der Waals surface area contributed by atoms with Gasteiger partial charge in [0.05, 0.1) is 0 Å². The fourth-order valence-corrected chi connectivity index (χ4v) is 4.12. The molecule has 0 saturated carbocycles. The molecule has 1 aliphatic rings. The van der Waals surface area contributed by atoms with Crippen LogP contribution in [0, 0.1) is 0 Å². The average Bonchev–Trinajstić information content (AvgIpc) is 2.91. The van der Waals surface area contributed by atoms with Crippen molar-refractivity contribution in [2.24, 2.45) is 0 Å². The van der Waals surface area contributed by atoms with E-state index in [1.807, 2.05) is 13.8 Å². The molecule has 0 aliphatic carbocycles. The van der Waals surface area contributed by atoms with E-state index in [4.69, 9.17) is 9.47 Å². The number of piperazine rings is 1. The van der Waals surface area contributed by atoms with Crippen LogP contribution in [0.5, 0.6) is 11.5 Å². The molecule has 1 aliphatic heterocycles. The van der Waals surface area contributed by atoms with Gasteiger partial charge in [0.15, 0.2) is 11.6 Å². The number of ketones is 2. The molecule has 2 atom stereocenters. The Balaban J connectivity index is 1.31. The summed E-state index contributed by atoms with van der Waals surface area (Å²) in [4.78, 5) is 27.8. The van der Waals surface area contributed by atoms with Crippen molar-refractivity contribution in [3.63, 3.8) is 0 Å². The molecule has 0 spiro atoms. The molecule has 1 fully saturated rings. The monoisotopic (exact) mass is 498 g/mol. The number of benzene rings is 2. The topological polar surface area (TPSA) is 99.5 Å². The first kappa shape index (κ1) is 27.8. The van der Waals surface area contributed by atoms with Crippen molar-refractivity contribution in [1.82, 2.24) is 9.80 Å². The standard InChI is InChI=1S/C28H38N2O6/c1-3-27(33)21-5-9-25(10-6-21)35-19-23(31)17-29-13-15-30(16-14-29)18-24(32)20-36-26-11-7-22(8-12-26)28(34)4-2/h5-12,23-24,31-32H,3-4,13-20H2,1-2H3. The molecule has 36 heavy (non-hydrogen) atoms. The SMILES string of the molecule is CCC(=O)c1ccc(OCC(O)CN2CCN(CC(O)COc3ccc(C(=O)CC)cc3)CC2)cc1. The van der Waals surface area contributed by atoms with Gasteiger partial charge in [-0.05, 0) is 48.5 Å². The Morgan fingerprint density at radius 1 is 0.694 bits per heavy atom. The zero-order chi connectivity index (χ0) is 25.9. The molecule has 2 unspecified atom stereocenters. The molecule has 2 aromatic carbocycles. The summed E-state index contributed by atoms with van der Waals surface area (Å²) in [5.41, 5.74) is 1.33. The lowest BCUT2D eigenvalue weighted by Gasteiger charge is -2.36. The molecule has 3 rings (SSSR count). The van der Waals surface area contributed by atoms with Crippen LogP contribution in [0.25, 0.3) is 0 Å². The Morgan fingerprint density at radius 3 is 1.33 bits per heavy atom. The number of ether oxygens (including phenoxy) is 2. The summed E-state index contributed by atoms with van der Waals surface area (Å²) in [6.07, 6.45) is -0.300. The first-order valence-corrected chi connectivity index (χ1v) is 12.7. The van der Waals surface area contributed by atoms with Gasteiger partial charge < -0.3 is 19.7 Å². The van der Waals surface area contributed by atoms with Crippen molar-refractivity contribution in [2.75, 3.05) is 52.5 Å². The van der Waals surface area contributed by atoms with Crippen LogP contribution in [0.15, 0.2) is 48.5 Å². The van der Waals surface area contributed by atoms with E-state index >= 15 is 0 Å². The summed E-state index contributed by atoms with van der Waals surface area (Å²) in [5.74, 6) is 1.45. The molecule has 0 radical (unpaired) electrons. The summed E-state index contributed by atoms with van der Waals surface area (Å²) in [6.45, 7) is 8.26. The van der Waals surface area contributed by atoms with Gasteiger partial charge in [-0.2, -0.15) is 0 Å². The number of hydrogen-bond acceptors (Lipinski definition) is 8. The lowest BCUT2D eigenvalue weighted by atomic mass is 10.1. The van der Waals surface area contributed by atoms with Crippen molar-refractivity contribution in [1.29, 1.82) is 0 Å². The van der Waals surface area contributed by atoms with Crippen LogP contribution in [0.2, 0.25) is 0 Å². The minimum atomic E-state index is -0.619. The fourth-order valence-electron chi connectivity index (χ4n) is 4.12. The average molecular weight is 499 g/mol. The maximum atomic E-state index is 11.7. The molecular weight excluding hydrogens is 460 g/mol. The maximum absolute atomic E-state index is 11.7. The van der Waals surface area contributed by atoms with Crippen LogP contribution in [0.3, 0.4) is 0 Å². The molecule has 0 amide bonds. The molecule has 8 nitrogen and oxygen atoms in total. The second-order valence-corrected chi connectivity index (χ2v) is 9.13. The maximum Gasteiger partial charge on any atom is 0.162 e. The highest BCUT2D eigenvalue weighted by Gasteiger charge is 2.21. The number of carbonyl (C=O) groups is 2. The van der Waals surface area contributed by atoms with Gasteiger partial charge in [-0.15, -0.1) is 0 Å². The van der Waals surface area contributed by atoms with Gasteiger partial charge in [-0.25, -0.2) is 0 Å². The Morgan fingerprint density at radius 2 is 1.03 bits per heavy atom. The normalized spacial score (nSPS) is 16.3. The third kappa shape index (κ3) is 8.71. The molecule has 0 aromatic heterocycles. The number of aliphatic hydroxyl groups excluding tert-OH is 2. The summed E-state index contributed by atoms with van der Waals surface area (Å²) >= 11 is 0. The van der Waals surface area contributed by atoms with E-state index in [1.165, 1.54) is 0 Å². The van der Waals surface area contributed by atoms with Crippen molar-refractivity contribution in [2.45, 2.75) is 38.9 Å². The van der Waals surface area contributed by atoms with Crippen molar-refractivity contribution in [3.05, 3.63) is 59.7 Å². The van der Waals surface area contributed by atoms with Gasteiger partial charge >= 0.3 is 0 Å².